The normalized spacial score (nSPS) is 14.3. The van der Waals surface area contributed by atoms with Crippen molar-refractivity contribution in [3.8, 4) is 11.5 Å². The van der Waals surface area contributed by atoms with Crippen molar-refractivity contribution in [1.29, 1.82) is 0 Å². The van der Waals surface area contributed by atoms with Gasteiger partial charge in [-0.1, -0.05) is 24.2 Å². The first-order valence-corrected chi connectivity index (χ1v) is 6.43. The van der Waals surface area contributed by atoms with E-state index in [1.165, 1.54) is 0 Å². The van der Waals surface area contributed by atoms with E-state index in [0.29, 0.717) is 24.0 Å². The number of anilines is 1. The number of nitrogens with two attached hydrogens (primary N) is 1. The monoisotopic (exact) mass is 261 g/mol. The molecule has 5 heteroatoms. The molecule has 0 aliphatic rings. The van der Waals surface area contributed by atoms with E-state index in [0.717, 1.165) is 12.0 Å². The Bertz CT molecular complexity index is 553. The van der Waals surface area contributed by atoms with Gasteiger partial charge in [0.15, 0.2) is 0 Å². The third-order valence-corrected chi connectivity index (χ3v) is 3.23. The van der Waals surface area contributed by atoms with Crippen LogP contribution < -0.4 is 5.73 Å². The lowest BCUT2D eigenvalue weighted by Gasteiger charge is -2.23. The van der Waals surface area contributed by atoms with Gasteiger partial charge in [-0.25, -0.2) is 0 Å². The van der Waals surface area contributed by atoms with E-state index >= 15 is 0 Å². The first kappa shape index (κ1) is 13.5. The fraction of sp³-hybridized carbons (Fsp3) is 0.429. The van der Waals surface area contributed by atoms with Crippen molar-refractivity contribution in [2.24, 2.45) is 0 Å². The molecular formula is C14H19N3O2. The van der Waals surface area contributed by atoms with Crippen molar-refractivity contribution in [3.63, 3.8) is 0 Å². The average Bonchev–Trinajstić information content (AvgIpc) is 2.89. The molecule has 2 aromatic rings. The number of hydrogen-bond donors (Lipinski definition) is 1. The fourth-order valence-electron chi connectivity index (χ4n) is 1.88. The van der Waals surface area contributed by atoms with Crippen molar-refractivity contribution in [2.45, 2.75) is 32.8 Å². The molecule has 2 rings (SSSR count). The van der Waals surface area contributed by atoms with Gasteiger partial charge >= 0.3 is 0 Å². The summed E-state index contributed by atoms with van der Waals surface area (Å²) in [6.07, 6.45) is 0.768. The van der Waals surface area contributed by atoms with Gasteiger partial charge in [0, 0.05) is 12.3 Å². The van der Waals surface area contributed by atoms with E-state index in [-0.39, 0.29) is 0 Å². The first-order valence-electron chi connectivity index (χ1n) is 6.43. The van der Waals surface area contributed by atoms with Crippen LogP contribution in [-0.2, 0) is 10.3 Å². The van der Waals surface area contributed by atoms with Gasteiger partial charge in [-0.05, 0) is 32.4 Å². The quantitative estimate of drug-likeness (QED) is 0.837. The van der Waals surface area contributed by atoms with E-state index in [2.05, 4.69) is 10.1 Å². The first-order chi connectivity index (χ1) is 9.10. The Morgan fingerprint density at radius 3 is 2.68 bits per heavy atom. The third-order valence-electron chi connectivity index (χ3n) is 3.23. The molecule has 0 fully saturated rings. The number of benzene rings is 1. The maximum Gasteiger partial charge on any atom is 0.260 e. The summed E-state index contributed by atoms with van der Waals surface area (Å²) >= 11 is 0. The number of para-hydroxylation sites is 1. The smallest absolute Gasteiger partial charge is 0.260 e. The summed E-state index contributed by atoms with van der Waals surface area (Å²) in [5, 5.41) is 4.03. The molecule has 0 saturated carbocycles. The Hall–Kier alpha value is -1.88. The second kappa shape index (κ2) is 5.40. The average molecular weight is 261 g/mol. The van der Waals surface area contributed by atoms with Gasteiger partial charge < -0.3 is 15.0 Å². The summed E-state index contributed by atoms with van der Waals surface area (Å²) in [4.78, 5) is 4.42. The van der Waals surface area contributed by atoms with Crippen LogP contribution in [0.2, 0.25) is 0 Å². The van der Waals surface area contributed by atoms with Crippen molar-refractivity contribution in [1.82, 2.24) is 10.1 Å². The second-order valence-corrected chi connectivity index (χ2v) is 4.53. The van der Waals surface area contributed by atoms with Crippen LogP contribution in [0.15, 0.2) is 28.8 Å². The van der Waals surface area contributed by atoms with Crippen LogP contribution in [0.25, 0.3) is 11.5 Å². The van der Waals surface area contributed by atoms with Crippen LogP contribution in [0, 0.1) is 0 Å². The maximum atomic E-state index is 5.90. The summed E-state index contributed by atoms with van der Waals surface area (Å²) in [5.41, 5.74) is 6.74. The fourth-order valence-corrected chi connectivity index (χ4v) is 1.88. The highest BCUT2D eigenvalue weighted by atomic mass is 16.5. The van der Waals surface area contributed by atoms with Crippen LogP contribution in [0.4, 0.5) is 5.69 Å². The van der Waals surface area contributed by atoms with E-state index in [9.17, 15) is 0 Å². The van der Waals surface area contributed by atoms with E-state index in [4.69, 9.17) is 15.0 Å². The minimum absolute atomic E-state index is 0.424. The Morgan fingerprint density at radius 1 is 1.32 bits per heavy atom. The molecule has 1 unspecified atom stereocenters. The molecular weight excluding hydrogens is 242 g/mol. The molecule has 102 valence electrons. The van der Waals surface area contributed by atoms with Crippen LogP contribution >= 0.6 is 0 Å². The van der Waals surface area contributed by atoms with Crippen LogP contribution in [0.5, 0.6) is 0 Å². The molecule has 0 saturated heterocycles. The third kappa shape index (κ3) is 2.61. The van der Waals surface area contributed by atoms with Crippen LogP contribution in [0.3, 0.4) is 0 Å². The largest absolute Gasteiger partial charge is 0.398 e. The summed E-state index contributed by atoms with van der Waals surface area (Å²) in [7, 11) is 0. The van der Waals surface area contributed by atoms with Crippen molar-refractivity contribution in [3.05, 3.63) is 30.1 Å². The maximum absolute atomic E-state index is 5.90. The Balaban J connectivity index is 2.36. The molecule has 0 aliphatic heterocycles. The molecule has 1 atom stereocenters. The van der Waals surface area contributed by atoms with Gasteiger partial charge in [0.2, 0.25) is 5.82 Å². The molecule has 1 heterocycles. The molecule has 1 aromatic carbocycles. The van der Waals surface area contributed by atoms with Gasteiger partial charge in [0.05, 0.1) is 5.56 Å². The SMILES string of the molecule is CCOC(C)(CC)c1noc(-c2ccccc2N)n1. The molecule has 0 aliphatic carbocycles. The second-order valence-electron chi connectivity index (χ2n) is 4.53. The molecule has 5 nitrogen and oxygen atoms in total. The molecule has 19 heavy (non-hydrogen) atoms. The topological polar surface area (TPSA) is 74.2 Å². The predicted octanol–water partition coefficient (Wildman–Crippen LogP) is 2.98. The highest BCUT2D eigenvalue weighted by molar-refractivity contribution is 5.69. The molecule has 0 amide bonds. The van der Waals surface area contributed by atoms with Gasteiger partial charge in [-0.3, -0.25) is 0 Å². The van der Waals surface area contributed by atoms with Gasteiger partial charge in [-0.15, -0.1) is 0 Å². The minimum Gasteiger partial charge on any atom is -0.398 e. The number of aromatic nitrogens is 2. The highest BCUT2D eigenvalue weighted by Gasteiger charge is 2.31. The number of nitrogen functional groups attached to an aromatic ring is 1. The highest BCUT2D eigenvalue weighted by Crippen LogP contribution is 2.30. The summed E-state index contributed by atoms with van der Waals surface area (Å²) in [6.45, 7) is 6.54. The van der Waals surface area contributed by atoms with Crippen LogP contribution in [-0.4, -0.2) is 16.7 Å². The summed E-state index contributed by atoms with van der Waals surface area (Å²) in [6, 6.07) is 7.42. The lowest BCUT2D eigenvalue weighted by atomic mass is 10.0. The predicted molar refractivity (Wildman–Crippen MR) is 73.4 cm³/mol. The zero-order valence-electron chi connectivity index (χ0n) is 11.5. The minimum atomic E-state index is -0.528. The molecule has 0 radical (unpaired) electrons. The number of rotatable bonds is 5. The Kier molecular flexibility index (Phi) is 3.85. The Labute approximate surface area is 112 Å². The molecule has 2 N–H and O–H groups in total. The zero-order valence-corrected chi connectivity index (χ0v) is 11.5. The Morgan fingerprint density at radius 2 is 2.05 bits per heavy atom. The number of nitrogens with zero attached hydrogens (tertiary/aromatic N) is 2. The molecule has 0 bridgehead atoms. The lowest BCUT2D eigenvalue weighted by molar-refractivity contribution is -0.0403. The van der Waals surface area contributed by atoms with Gasteiger partial charge in [0.1, 0.15) is 5.60 Å². The lowest BCUT2D eigenvalue weighted by Crippen LogP contribution is -2.26. The zero-order chi connectivity index (χ0) is 13.9. The van der Waals surface area contributed by atoms with Crippen molar-refractivity contribution >= 4 is 5.69 Å². The number of hydrogen-bond acceptors (Lipinski definition) is 5. The van der Waals surface area contributed by atoms with Crippen molar-refractivity contribution < 1.29 is 9.26 Å². The van der Waals surface area contributed by atoms with Crippen molar-refractivity contribution in [2.75, 3.05) is 12.3 Å². The van der Waals surface area contributed by atoms with E-state index in [1.807, 2.05) is 39.0 Å². The molecule has 0 spiro atoms. The van der Waals surface area contributed by atoms with E-state index < -0.39 is 5.60 Å². The summed E-state index contributed by atoms with van der Waals surface area (Å²) in [5.74, 6) is 0.975. The standard InChI is InChI=1S/C14H19N3O2/c1-4-14(3,18-5-2)13-16-12(19-17-13)10-8-6-7-9-11(10)15/h6-9H,4-5,15H2,1-3H3. The van der Waals surface area contributed by atoms with Gasteiger partial charge in [-0.2, -0.15) is 4.98 Å². The molecule has 1 aromatic heterocycles. The number of ether oxygens (including phenoxy) is 1. The summed E-state index contributed by atoms with van der Waals surface area (Å²) < 4.78 is 11.0. The van der Waals surface area contributed by atoms with E-state index in [1.54, 1.807) is 6.07 Å². The van der Waals surface area contributed by atoms with Gasteiger partial charge in [0.25, 0.3) is 5.89 Å². The van der Waals surface area contributed by atoms with Crippen LogP contribution in [0.1, 0.15) is 33.0 Å².